The lowest BCUT2D eigenvalue weighted by molar-refractivity contribution is 0.0276. The Morgan fingerprint density at radius 3 is 2.72 bits per heavy atom. The number of hydrogen-bond acceptors (Lipinski definition) is 4. The Kier molecular flexibility index (Phi) is 5.50. The molecule has 158 valence electrons. The van der Waals surface area contributed by atoms with E-state index >= 15 is 0 Å². The van der Waals surface area contributed by atoms with Gasteiger partial charge in [0.05, 0.1) is 17.4 Å². The predicted molar refractivity (Wildman–Crippen MR) is 116 cm³/mol. The summed E-state index contributed by atoms with van der Waals surface area (Å²) in [5, 5.41) is 2.12. The number of fused-ring (bicyclic) bond motifs is 2. The highest BCUT2D eigenvalue weighted by molar-refractivity contribution is 5.68. The molecule has 5 nitrogen and oxygen atoms in total. The molecule has 1 fully saturated rings. The van der Waals surface area contributed by atoms with Gasteiger partial charge in [0.2, 0.25) is 0 Å². The van der Waals surface area contributed by atoms with E-state index in [0.717, 1.165) is 18.7 Å². The molecule has 1 N–H and O–H groups in total. The number of ether oxygens (including phenoxy) is 1. The predicted octanol–water partition coefficient (Wildman–Crippen LogP) is 5.40. The highest BCUT2D eigenvalue weighted by Crippen LogP contribution is 2.44. The molecule has 2 aliphatic carbocycles. The third-order valence-electron chi connectivity index (χ3n) is 6.11. The summed E-state index contributed by atoms with van der Waals surface area (Å²) in [5.74, 6) is 0.310. The molecule has 2 unspecified atom stereocenters. The van der Waals surface area contributed by atoms with Crippen LogP contribution in [-0.2, 0) is 4.74 Å². The first-order valence-electron chi connectivity index (χ1n) is 11.2. The van der Waals surface area contributed by atoms with Crippen LogP contribution in [0.25, 0.3) is 0 Å². The number of carbonyl (C=O) groups is 1. The van der Waals surface area contributed by atoms with Crippen LogP contribution in [-0.4, -0.2) is 34.2 Å². The zero-order valence-electron chi connectivity index (χ0n) is 18.3. The maximum absolute atomic E-state index is 12.8. The van der Waals surface area contributed by atoms with Crippen molar-refractivity contribution in [3.8, 4) is 0 Å². The Bertz CT molecular complexity index is 784. The summed E-state index contributed by atoms with van der Waals surface area (Å²) < 4.78 is 5.62. The molecule has 0 saturated carbocycles. The Labute approximate surface area is 175 Å². The number of piperazine rings is 1. The van der Waals surface area contributed by atoms with Crippen LogP contribution in [0.1, 0.15) is 72.6 Å². The van der Waals surface area contributed by atoms with Crippen molar-refractivity contribution >= 4 is 6.09 Å². The molecule has 2 heterocycles. The van der Waals surface area contributed by atoms with Gasteiger partial charge < -0.3 is 9.64 Å². The number of amides is 1. The zero-order chi connectivity index (χ0) is 20.6. The first-order valence-corrected chi connectivity index (χ1v) is 11.2. The summed E-state index contributed by atoms with van der Waals surface area (Å²) in [6.45, 7) is 8.97. The molecule has 29 heavy (non-hydrogen) atoms. The summed E-state index contributed by atoms with van der Waals surface area (Å²) >= 11 is 0. The molecular weight excluding hydrogens is 362 g/mol. The topological polar surface area (TPSA) is 44.8 Å². The molecule has 0 aromatic heterocycles. The monoisotopic (exact) mass is 397 g/mol. The van der Waals surface area contributed by atoms with E-state index in [4.69, 9.17) is 4.74 Å². The highest BCUT2D eigenvalue weighted by Gasteiger charge is 2.41. The quantitative estimate of drug-likeness (QED) is 0.644. The minimum absolute atomic E-state index is 0.173. The molecule has 4 aliphatic rings. The van der Waals surface area contributed by atoms with E-state index in [1.807, 2.05) is 20.8 Å². The minimum Gasteiger partial charge on any atom is -0.443 e. The van der Waals surface area contributed by atoms with Crippen molar-refractivity contribution in [3.63, 3.8) is 0 Å². The largest absolute Gasteiger partial charge is 0.443 e. The van der Waals surface area contributed by atoms with Crippen LogP contribution in [0.2, 0.25) is 0 Å². The molecule has 0 radical (unpaired) electrons. The van der Waals surface area contributed by atoms with Gasteiger partial charge in [0, 0.05) is 12.2 Å². The van der Waals surface area contributed by atoms with Crippen molar-refractivity contribution in [3.05, 3.63) is 47.0 Å². The summed E-state index contributed by atoms with van der Waals surface area (Å²) in [6.07, 6.45) is 16.8. The van der Waals surface area contributed by atoms with E-state index in [1.54, 1.807) is 5.57 Å². The van der Waals surface area contributed by atoms with Gasteiger partial charge in [-0.2, -0.15) is 0 Å². The first kappa shape index (κ1) is 20.1. The van der Waals surface area contributed by atoms with Crippen molar-refractivity contribution < 1.29 is 9.53 Å². The van der Waals surface area contributed by atoms with Gasteiger partial charge in [-0.05, 0) is 70.4 Å². The molecule has 1 amide bonds. The number of rotatable bonds is 1. The van der Waals surface area contributed by atoms with Gasteiger partial charge in [0.1, 0.15) is 5.60 Å². The average molecular weight is 398 g/mol. The fourth-order valence-electron chi connectivity index (χ4n) is 4.98. The normalized spacial score (nSPS) is 27.0. The van der Waals surface area contributed by atoms with Gasteiger partial charge in [0.15, 0.2) is 0 Å². The van der Waals surface area contributed by atoms with Crippen LogP contribution in [0.3, 0.4) is 0 Å². The molecule has 1 saturated heterocycles. The van der Waals surface area contributed by atoms with Crippen molar-refractivity contribution in [2.45, 2.75) is 84.3 Å². The lowest BCUT2D eigenvalue weighted by Gasteiger charge is -2.51. The van der Waals surface area contributed by atoms with Crippen LogP contribution >= 0.6 is 0 Å². The third kappa shape index (κ3) is 4.24. The zero-order valence-corrected chi connectivity index (χ0v) is 18.3. The second-order valence-electron chi connectivity index (χ2n) is 9.69. The van der Waals surface area contributed by atoms with E-state index in [0.29, 0.717) is 5.92 Å². The Morgan fingerprint density at radius 1 is 1.14 bits per heavy atom. The standard InChI is InChI=1S/C24H35N3O2/c1-17-10-8-14-19-21(16-17)27(25-23(28)29-24(2,3)4)20-13-7-5-6-11-18-12-9-15-26(19)22(18)20/h8,10,14,16-17,20H,5-7,9,11-13,15H2,1-4H3,(H,25,28). The fourth-order valence-corrected chi connectivity index (χ4v) is 4.98. The van der Waals surface area contributed by atoms with Crippen molar-refractivity contribution in [1.29, 1.82) is 0 Å². The molecule has 0 bridgehead atoms. The lowest BCUT2D eigenvalue weighted by Crippen LogP contribution is -2.57. The van der Waals surface area contributed by atoms with Crippen molar-refractivity contribution in [2.24, 2.45) is 5.92 Å². The van der Waals surface area contributed by atoms with E-state index in [9.17, 15) is 4.79 Å². The summed E-state index contributed by atoms with van der Waals surface area (Å²) in [6, 6.07) is 0.173. The number of allylic oxidation sites excluding steroid dienone is 5. The Balaban J connectivity index is 1.78. The van der Waals surface area contributed by atoms with E-state index in [2.05, 4.69) is 46.6 Å². The number of nitrogens with one attached hydrogen (secondary N) is 1. The molecule has 2 atom stereocenters. The summed E-state index contributed by atoms with van der Waals surface area (Å²) in [7, 11) is 0. The van der Waals surface area contributed by atoms with Gasteiger partial charge in [-0.1, -0.05) is 38.0 Å². The summed E-state index contributed by atoms with van der Waals surface area (Å²) in [5.41, 5.74) is 7.92. The minimum atomic E-state index is -0.520. The van der Waals surface area contributed by atoms with Gasteiger partial charge in [0.25, 0.3) is 0 Å². The molecule has 0 aromatic rings. The lowest BCUT2D eigenvalue weighted by atomic mass is 9.85. The van der Waals surface area contributed by atoms with E-state index in [-0.39, 0.29) is 12.1 Å². The third-order valence-corrected chi connectivity index (χ3v) is 6.11. The number of nitrogens with zero attached hydrogens (tertiary/aromatic N) is 2. The van der Waals surface area contributed by atoms with E-state index < -0.39 is 5.60 Å². The van der Waals surface area contributed by atoms with Crippen LogP contribution in [0.5, 0.6) is 0 Å². The molecule has 0 spiro atoms. The SMILES string of the molecule is CC1C=CC=C2C(=C1)N(NC(=O)OC(C)(C)C)C1CCCCCC3=C1N2CCC3. The van der Waals surface area contributed by atoms with Gasteiger partial charge in [-0.25, -0.2) is 10.2 Å². The highest BCUT2D eigenvalue weighted by atomic mass is 16.6. The second-order valence-corrected chi connectivity index (χ2v) is 9.69. The Hall–Kier alpha value is -2.17. The van der Waals surface area contributed by atoms with Crippen LogP contribution < -0.4 is 5.43 Å². The summed E-state index contributed by atoms with van der Waals surface area (Å²) in [4.78, 5) is 15.3. The molecule has 2 aliphatic heterocycles. The van der Waals surface area contributed by atoms with Crippen LogP contribution in [0.4, 0.5) is 4.79 Å². The number of hydrogen-bond donors (Lipinski definition) is 1. The van der Waals surface area contributed by atoms with Crippen molar-refractivity contribution in [2.75, 3.05) is 6.54 Å². The first-order chi connectivity index (χ1) is 13.8. The Morgan fingerprint density at radius 2 is 1.93 bits per heavy atom. The van der Waals surface area contributed by atoms with Gasteiger partial charge in [-0.15, -0.1) is 0 Å². The molecule has 5 heteroatoms. The van der Waals surface area contributed by atoms with Crippen LogP contribution in [0, 0.1) is 5.92 Å². The van der Waals surface area contributed by atoms with Crippen molar-refractivity contribution in [1.82, 2.24) is 15.3 Å². The molecule has 4 rings (SSSR count). The second kappa shape index (κ2) is 7.92. The van der Waals surface area contributed by atoms with Gasteiger partial charge >= 0.3 is 6.09 Å². The molecular formula is C24H35N3O2. The number of carbonyl (C=O) groups excluding carboxylic acids is 1. The van der Waals surface area contributed by atoms with Crippen LogP contribution in [0.15, 0.2) is 47.0 Å². The van der Waals surface area contributed by atoms with Gasteiger partial charge in [-0.3, -0.25) is 5.01 Å². The maximum atomic E-state index is 12.8. The number of hydrazine groups is 1. The average Bonchev–Trinajstić information content (AvgIpc) is 2.80. The smallest absolute Gasteiger partial charge is 0.426 e. The van der Waals surface area contributed by atoms with E-state index in [1.165, 1.54) is 49.9 Å². The molecule has 0 aromatic carbocycles. The fraction of sp³-hybridized carbons (Fsp3) is 0.625. The maximum Gasteiger partial charge on any atom is 0.426 e.